The Bertz CT molecular complexity index is 669. The van der Waals surface area contributed by atoms with Crippen molar-refractivity contribution in [1.82, 2.24) is 0 Å². The number of halogens is 1. The number of nitrogens with zero attached hydrogens (tertiary/aromatic N) is 1. The van der Waals surface area contributed by atoms with E-state index in [1.807, 2.05) is 0 Å². The maximum atomic E-state index is 13.5. The molecule has 0 radical (unpaired) electrons. The summed E-state index contributed by atoms with van der Waals surface area (Å²) in [6, 6.07) is 8.24. The summed E-state index contributed by atoms with van der Waals surface area (Å²) in [6.07, 6.45) is 0. The monoisotopic (exact) mass is 261 g/mol. The number of nitro benzene ring substituents is 1. The average molecular weight is 261 g/mol. The van der Waals surface area contributed by atoms with Crippen LogP contribution in [0.25, 0.3) is 0 Å². The molecular weight excluding hydrogens is 253 g/mol. The minimum atomic E-state index is -0.806. The average Bonchev–Trinajstić information content (AvgIpc) is 2.38. The van der Waals surface area contributed by atoms with Crippen LogP contribution in [0.4, 0.5) is 10.1 Å². The van der Waals surface area contributed by atoms with E-state index in [9.17, 15) is 24.4 Å². The third-order valence-electron chi connectivity index (χ3n) is 2.55. The van der Waals surface area contributed by atoms with E-state index in [-0.39, 0.29) is 16.8 Å². The summed E-state index contributed by atoms with van der Waals surface area (Å²) in [6.45, 7) is 0. The SMILES string of the molecule is O=C(c1cc([N+](=O)[O-])ccc1O)c1ccccc1F. The van der Waals surface area contributed by atoms with Crippen molar-refractivity contribution in [3.05, 3.63) is 69.5 Å². The van der Waals surface area contributed by atoms with Crippen molar-refractivity contribution in [3.8, 4) is 5.75 Å². The molecule has 2 aromatic carbocycles. The maximum absolute atomic E-state index is 13.5. The zero-order valence-corrected chi connectivity index (χ0v) is 9.54. The van der Waals surface area contributed by atoms with Gasteiger partial charge in [-0.3, -0.25) is 14.9 Å². The highest BCUT2D eigenvalue weighted by Crippen LogP contribution is 2.26. The molecule has 96 valence electrons. The fraction of sp³-hybridized carbons (Fsp3) is 0. The highest BCUT2D eigenvalue weighted by Gasteiger charge is 2.20. The predicted octanol–water partition coefficient (Wildman–Crippen LogP) is 2.67. The number of benzene rings is 2. The van der Waals surface area contributed by atoms with E-state index >= 15 is 0 Å². The Morgan fingerprint density at radius 3 is 2.47 bits per heavy atom. The minimum absolute atomic E-state index is 0.252. The predicted molar refractivity (Wildman–Crippen MR) is 64.6 cm³/mol. The molecule has 2 aromatic rings. The lowest BCUT2D eigenvalue weighted by Gasteiger charge is -2.04. The molecule has 6 heteroatoms. The Morgan fingerprint density at radius 2 is 1.84 bits per heavy atom. The molecule has 0 aromatic heterocycles. The first-order valence-electron chi connectivity index (χ1n) is 5.27. The molecular formula is C13H8FNO4. The second-order valence-corrected chi connectivity index (χ2v) is 3.77. The van der Waals surface area contributed by atoms with Crippen LogP contribution in [0.1, 0.15) is 15.9 Å². The Hall–Kier alpha value is -2.76. The van der Waals surface area contributed by atoms with Gasteiger partial charge in [0.15, 0.2) is 5.78 Å². The van der Waals surface area contributed by atoms with Crippen LogP contribution in [0.5, 0.6) is 5.75 Å². The number of carbonyl (C=O) groups excluding carboxylic acids is 1. The van der Waals surface area contributed by atoms with Crippen molar-refractivity contribution in [2.45, 2.75) is 0 Å². The first-order chi connectivity index (χ1) is 9.00. The quantitative estimate of drug-likeness (QED) is 0.523. The summed E-state index contributed by atoms with van der Waals surface area (Å²) < 4.78 is 13.5. The van der Waals surface area contributed by atoms with E-state index in [1.54, 1.807) is 0 Å². The number of hydrogen-bond donors (Lipinski definition) is 1. The van der Waals surface area contributed by atoms with Crippen LogP contribution in [-0.2, 0) is 0 Å². The molecule has 0 unspecified atom stereocenters. The third-order valence-corrected chi connectivity index (χ3v) is 2.55. The van der Waals surface area contributed by atoms with E-state index < -0.39 is 22.3 Å². The van der Waals surface area contributed by atoms with Gasteiger partial charge in [-0.15, -0.1) is 0 Å². The van der Waals surface area contributed by atoms with Crippen molar-refractivity contribution in [2.75, 3.05) is 0 Å². The van der Waals surface area contributed by atoms with Crippen molar-refractivity contribution < 1.29 is 19.2 Å². The summed E-state index contributed by atoms with van der Waals surface area (Å²) in [7, 11) is 0. The number of hydrogen-bond acceptors (Lipinski definition) is 4. The number of carbonyl (C=O) groups is 1. The smallest absolute Gasteiger partial charge is 0.270 e. The van der Waals surface area contributed by atoms with E-state index in [0.717, 1.165) is 24.3 Å². The highest BCUT2D eigenvalue weighted by atomic mass is 19.1. The highest BCUT2D eigenvalue weighted by molar-refractivity contribution is 6.11. The molecule has 0 aliphatic rings. The van der Waals surface area contributed by atoms with Gasteiger partial charge >= 0.3 is 0 Å². The van der Waals surface area contributed by atoms with E-state index in [1.165, 1.54) is 18.2 Å². The molecule has 0 saturated heterocycles. The van der Waals surface area contributed by atoms with Crippen molar-refractivity contribution in [3.63, 3.8) is 0 Å². The molecule has 0 spiro atoms. The summed E-state index contributed by atoms with van der Waals surface area (Å²) in [5.41, 5.74) is -0.907. The Labute approximate surface area is 107 Å². The molecule has 5 nitrogen and oxygen atoms in total. The number of phenolic OH excluding ortho intramolecular Hbond substituents is 1. The Morgan fingerprint density at radius 1 is 1.16 bits per heavy atom. The van der Waals surface area contributed by atoms with Crippen molar-refractivity contribution in [1.29, 1.82) is 0 Å². The minimum Gasteiger partial charge on any atom is -0.507 e. The summed E-state index contributed by atoms with van der Waals surface area (Å²) in [4.78, 5) is 22.0. The fourth-order valence-electron chi connectivity index (χ4n) is 1.61. The topological polar surface area (TPSA) is 80.4 Å². The molecule has 0 atom stereocenters. The van der Waals surface area contributed by atoms with Crippen LogP contribution < -0.4 is 0 Å². The van der Waals surface area contributed by atoms with Crippen molar-refractivity contribution >= 4 is 11.5 Å². The second kappa shape index (κ2) is 4.85. The van der Waals surface area contributed by atoms with Crippen LogP contribution >= 0.6 is 0 Å². The number of ketones is 1. The van der Waals surface area contributed by atoms with Crippen LogP contribution in [-0.4, -0.2) is 15.8 Å². The number of rotatable bonds is 3. The van der Waals surface area contributed by atoms with Gasteiger partial charge in [-0.25, -0.2) is 4.39 Å². The number of non-ortho nitro benzene ring substituents is 1. The molecule has 0 aliphatic carbocycles. The lowest BCUT2D eigenvalue weighted by Crippen LogP contribution is -2.05. The van der Waals surface area contributed by atoms with E-state index in [2.05, 4.69) is 0 Å². The number of phenols is 1. The van der Waals surface area contributed by atoms with Gasteiger partial charge in [0.2, 0.25) is 0 Å². The molecule has 0 saturated carbocycles. The summed E-state index contributed by atoms with van der Waals surface area (Å²) >= 11 is 0. The van der Waals surface area contributed by atoms with E-state index in [0.29, 0.717) is 0 Å². The van der Waals surface area contributed by atoms with Crippen LogP contribution in [0.2, 0.25) is 0 Å². The van der Waals surface area contributed by atoms with Gasteiger partial charge in [0.1, 0.15) is 11.6 Å². The zero-order chi connectivity index (χ0) is 14.0. The van der Waals surface area contributed by atoms with Gasteiger partial charge in [-0.05, 0) is 18.2 Å². The summed E-state index contributed by atoms with van der Waals surface area (Å²) in [5, 5.41) is 20.2. The Balaban J connectivity index is 2.53. The standard InChI is InChI=1S/C13H8FNO4/c14-11-4-2-1-3-9(11)13(17)10-7-8(15(18)19)5-6-12(10)16/h1-7,16H. The number of aromatic hydroxyl groups is 1. The molecule has 0 heterocycles. The lowest BCUT2D eigenvalue weighted by atomic mass is 10.0. The van der Waals surface area contributed by atoms with Gasteiger partial charge in [-0.2, -0.15) is 0 Å². The lowest BCUT2D eigenvalue weighted by molar-refractivity contribution is -0.384. The molecule has 0 amide bonds. The molecule has 19 heavy (non-hydrogen) atoms. The second-order valence-electron chi connectivity index (χ2n) is 3.77. The van der Waals surface area contributed by atoms with Crippen molar-refractivity contribution in [2.24, 2.45) is 0 Å². The molecule has 2 rings (SSSR count). The van der Waals surface area contributed by atoms with Gasteiger partial charge < -0.3 is 5.11 Å². The van der Waals surface area contributed by atoms with Crippen LogP contribution in [0.3, 0.4) is 0 Å². The molecule has 0 bridgehead atoms. The third kappa shape index (κ3) is 2.42. The molecule has 0 aliphatic heterocycles. The summed E-state index contributed by atoms with van der Waals surface area (Å²) in [5.74, 6) is -1.99. The molecule has 1 N–H and O–H groups in total. The van der Waals surface area contributed by atoms with Gasteiger partial charge in [0.05, 0.1) is 16.1 Å². The largest absolute Gasteiger partial charge is 0.507 e. The van der Waals surface area contributed by atoms with Gasteiger partial charge in [0, 0.05) is 12.1 Å². The first kappa shape index (κ1) is 12.7. The van der Waals surface area contributed by atoms with E-state index in [4.69, 9.17) is 0 Å². The van der Waals surface area contributed by atoms with Gasteiger partial charge in [0.25, 0.3) is 5.69 Å². The fourth-order valence-corrected chi connectivity index (χ4v) is 1.61. The zero-order valence-electron chi connectivity index (χ0n) is 9.54. The van der Waals surface area contributed by atoms with Crippen LogP contribution in [0, 0.1) is 15.9 Å². The number of nitro groups is 1. The molecule has 0 fully saturated rings. The Kier molecular flexibility index (Phi) is 3.24. The van der Waals surface area contributed by atoms with Crippen LogP contribution in [0.15, 0.2) is 42.5 Å². The first-order valence-corrected chi connectivity index (χ1v) is 5.27. The maximum Gasteiger partial charge on any atom is 0.270 e. The van der Waals surface area contributed by atoms with Gasteiger partial charge in [-0.1, -0.05) is 12.1 Å². The normalized spacial score (nSPS) is 10.2.